The molecule has 0 radical (unpaired) electrons. The number of carbonyl (C=O) groups excluding carboxylic acids is 2. The Morgan fingerprint density at radius 3 is 2.59 bits per heavy atom. The van der Waals surface area contributed by atoms with Gasteiger partial charge in [0, 0.05) is 5.02 Å². The first-order valence-electron chi connectivity index (χ1n) is 8.84. The second-order valence-corrected chi connectivity index (χ2v) is 7.46. The molecule has 2 aromatic carbocycles. The maximum absolute atomic E-state index is 12.7. The average molecular weight is 428 g/mol. The van der Waals surface area contributed by atoms with E-state index in [-0.39, 0.29) is 24.3 Å². The molecule has 1 aliphatic rings. The minimum absolute atomic E-state index is 0.128. The normalized spacial score (nSPS) is 14.9. The summed E-state index contributed by atoms with van der Waals surface area (Å²) in [4.78, 5) is 26.6. The van der Waals surface area contributed by atoms with Crippen molar-refractivity contribution in [3.63, 3.8) is 0 Å². The summed E-state index contributed by atoms with van der Waals surface area (Å²) in [5.41, 5.74) is 1.55. The number of halogens is 1. The van der Waals surface area contributed by atoms with Gasteiger partial charge in [-0.15, -0.1) is 6.42 Å². The highest BCUT2D eigenvalue weighted by atomic mass is 35.5. The van der Waals surface area contributed by atoms with Crippen molar-refractivity contribution >= 4 is 40.6 Å². The summed E-state index contributed by atoms with van der Waals surface area (Å²) in [5, 5.41) is 0.290. The fourth-order valence-electron chi connectivity index (χ4n) is 2.68. The van der Waals surface area contributed by atoms with E-state index in [0.29, 0.717) is 28.0 Å². The number of nitrogens with zero attached hydrogens (tertiary/aromatic N) is 1. The molecule has 7 heteroatoms. The van der Waals surface area contributed by atoms with Gasteiger partial charge in [-0.3, -0.25) is 14.5 Å². The highest BCUT2D eigenvalue weighted by molar-refractivity contribution is 8.18. The molecule has 148 valence electrons. The maximum Gasteiger partial charge on any atom is 0.293 e. The van der Waals surface area contributed by atoms with E-state index in [1.54, 1.807) is 48.5 Å². The van der Waals surface area contributed by atoms with Gasteiger partial charge in [0.1, 0.15) is 6.61 Å². The second-order valence-electron chi connectivity index (χ2n) is 6.03. The fraction of sp³-hybridized carbons (Fsp3) is 0.182. The molecule has 1 saturated heterocycles. The highest BCUT2D eigenvalue weighted by Gasteiger charge is 2.35. The molecule has 1 heterocycles. The zero-order valence-corrected chi connectivity index (χ0v) is 17.3. The van der Waals surface area contributed by atoms with Crippen molar-refractivity contribution in [2.75, 3.05) is 13.2 Å². The number of ether oxygens (including phenoxy) is 2. The highest BCUT2D eigenvalue weighted by Crippen LogP contribution is 2.35. The Labute approximate surface area is 178 Å². The molecule has 0 N–H and O–H groups in total. The number of carbonyl (C=O) groups is 2. The topological polar surface area (TPSA) is 55.8 Å². The number of benzene rings is 2. The van der Waals surface area contributed by atoms with Crippen LogP contribution in [-0.4, -0.2) is 29.3 Å². The molecule has 1 aliphatic heterocycles. The molecule has 3 rings (SSSR count). The predicted octanol–water partition coefficient (Wildman–Crippen LogP) is 4.99. The van der Waals surface area contributed by atoms with Gasteiger partial charge in [-0.1, -0.05) is 35.7 Å². The Morgan fingerprint density at radius 1 is 1.14 bits per heavy atom. The lowest BCUT2D eigenvalue weighted by molar-refractivity contribution is -0.123. The standard InChI is InChI=1S/C22H18ClNO4S/c1-3-11-28-18-10-7-16(12-19(18)27-4-2)13-20-21(25)24(22(26)29-20)14-15-5-8-17(23)9-6-15/h1,5-10,12-13H,4,11,14H2,2H3. The quantitative estimate of drug-likeness (QED) is 0.460. The van der Waals surface area contributed by atoms with Crippen molar-refractivity contribution in [1.29, 1.82) is 0 Å². The molecular formula is C22H18ClNO4S. The number of hydrogen-bond donors (Lipinski definition) is 0. The zero-order chi connectivity index (χ0) is 20.8. The van der Waals surface area contributed by atoms with E-state index in [0.717, 1.165) is 22.9 Å². The number of amides is 2. The lowest BCUT2D eigenvalue weighted by atomic mass is 10.1. The maximum atomic E-state index is 12.7. The molecule has 2 aromatic rings. The molecule has 5 nitrogen and oxygen atoms in total. The monoisotopic (exact) mass is 427 g/mol. The van der Waals surface area contributed by atoms with Crippen LogP contribution in [0.3, 0.4) is 0 Å². The minimum Gasteiger partial charge on any atom is -0.490 e. The van der Waals surface area contributed by atoms with Crippen LogP contribution in [0.1, 0.15) is 18.1 Å². The van der Waals surface area contributed by atoms with Gasteiger partial charge in [0.25, 0.3) is 11.1 Å². The lowest BCUT2D eigenvalue weighted by Gasteiger charge is -2.12. The third-order valence-electron chi connectivity index (χ3n) is 4.00. The van der Waals surface area contributed by atoms with Crippen LogP contribution in [0.5, 0.6) is 11.5 Å². The van der Waals surface area contributed by atoms with E-state index in [4.69, 9.17) is 27.5 Å². The molecular weight excluding hydrogens is 410 g/mol. The average Bonchev–Trinajstić information content (AvgIpc) is 2.96. The van der Waals surface area contributed by atoms with Crippen LogP contribution in [0, 0.1) is 12.3 Å². The van der Waals surface area contributed by atoms with Gasteiger partial charge in [0.2, 0.25) is 0 Å². The molecule has 0 bridgehead atoms. The Balaban J connectivity index is 1.80. The van der Waals surface area contributed by atoms with Crippen LogP contribution < -0.4 is 9.47 Å². The smallest absolute Gasteiger partial charge is 0.293 e. The number of hydrogen-bond acceptors (Lipinski definition) is 5. The largest absolute Gasteiger partial charge is 0.490 e. The van der Waals surface area contributed by atoms with E-state index >= 15 is 0 Å². The first-order valence-corrected chi connectivity index (χ1v) is 10.0. The van der Waals surface area contributed by atoms with Crippen molar-refractivity contribution in [3.05, 3.63) is 63.5 Å². The van der Waals surface area contributed by atoms with E-state index in [1.165, 1.54) is 4.90 Å². The van der Waals surface area contributed by atoms with Crippen molar-refractivity contribution in [1.82, 2.24) is 4.90 Å². The van der Waals surface area contributed by atoms with E-state index in [1.807, 2.05) is 6.92 Å². The zero-order valence-electron chi connectivity index (χ0n) is 15.7. The van der Waals surface area contributed by atoms with Crippen molar-refractivity contribution < 1.29 is 19.1 Å². The molecule has 0 aliphatic carbocycles. The molecule has 29 heavy (non-hydrogen) atoms. The molecule has 0 aromatic heterocycles. The summed E-state index contributed by atoms with van der Waals surface area (Å²) >= 11 is 6.79. The van der Waals surface area contributed by atoms with Gasteiger partial charge < -0.3 is 9.47 Å². The number of rotatable bonds is 7. The summed E-state index contributed by atoms with van der Waals surface area (Å²) in [6, 6.07) is 12.3. The van der Waals surface area contributed by atoms with Crippen molar-refractivity contribution in [2.45, 2.75) is 13.5 Å². The molecule has 0 spiro atoms. The summed E-state index contributed by atoms with van der Waals surface area (Å²) in [5.74, 6) is 3.13. The summed E-state index contributed by atoms with van der Waals surface area (Å²) in [7, 11) is 0. The first-order chi connectivity index (χ1) is 14.0. The Kier molecular flexibility index (Phi) is 6.86. The third kappa shape index (κ3) is 5.14. The number of imide groups is 1. The first kappa shape index (κ1) is 20.8. The SMILES string of the molecule is C#CCOc1ccc(C=C2SC(=O)N(Cc3ccc(Cl)cc3)C2=O)cc1OCC. The molecule has 0 saturated carbocycles. The van der Waals surface area contributed by atoms with Crippen LogP contribution >= 0.6 is 23.4 Å². The van der Waals surface area contributed by atoms with Gasteiger partial charge >= 0.3 is 0 Å². The van der Waals surface area contributed by atoms with Crippen LogP contribution in [0.2, 0.25) is 5.02 Å². The van der Waals surface area contributed by atoms with Crippen molar-refractivity contribution in [3.8, 4) is 23.8 Å². The van der Waals surface area contributed by atoms with E-state index in [2.05, 4.69) is 5.92 Å². The van der Waals surface area contributed by atoms with E-state index in [9.17, 15) is 9.59 Å². The van der Waals surface area contributed by atoms with Gasteiger partial charge in [0.15, 0.2) is 11.5 Å². The number of thioether (sulfide) groups is 1. The molecule has 0 unspecified atom stereocenters. The molecule has 1 fully saturated rings. The van der Waals surface area contributed by atoms with Crippen LogP contribution in [0.25, 0.3) is 6.08 Å². The second kappa shape index (κ2) is 9.55. The third-order valence-corrected chi connectivity index (χ3v) is 5.16. The lowest BCUT2D eigenvalue weighted by Crippen LogP contribution is -2.27. The predicted molar refractivity (Wildman–Crippen MR) is 115 cm³/mol. The van der Waals surface area contributed by atoms with Crippen LogP contribution in [0.4, 0.5) is 4.79 Å². The van der Waals surface area contributed by atoms with Gasteiger partial charge in [-0.25, -0.2) is 0 Å². The molecule has 0 atom stereocenters. The van der Waals surface area contributed by atoms with Gasteiger partial charge in [-0.05, 0) is 60.2 Å². The minimum atomic E-state index is -0.333. The van der Waals surface area contributed by atoms with E-state index < -0.39 is 0 Å². The Bertz CT molecular complexity index is 995. The summed E-state index contributed by atoms with van der Waals surface area (Å²) in [6.45, 7) is 2.64. The van der Waals surface area contributed by atoms with Crippen molar-refractivity contribution in [2.24, 2.45) is 0 Å². The number of terminal acetylenes is 1. The summed E-state index contributed by atoms with van der Waals surface area (Å²) in [6.07, 6.45) is 6.90. The van der Waals surface area contributed by atoms with Gasteiger partial charge in [0.05, 0.1) is 18.1 Å². The van der Waals surface area contributed by atoms with Crippen LogP contribution in [-0.2, 0) is 11.3 Å². The fourth-order valence-corrected chi connectivity index (χ4v) is 3.65. The summed E-state index contributed by atoms with van der Waals surface area (Å²) < 4.78 is 11.1. The van der Waals surface area contributed by atoms with Gasteiger partial charge in [-0.2, -0.15) is 0 Å². The van der Waals surface area contributed by atoms with Crippen LogP contribution in [0.15, 0.2) is 47.4 Å². The Morgan fingerprint density at radius 2 is 1.90 bits per heavy atom. The Hall–Kier alpha value is -2.88. The molecule has 2 amide bonds.